The van der Waals surface area contributed by atoms with E-state index in [9.17, 15) is 9.18 Å². The molecule has 36 heavy (non-hydrogen) atoms. The maximum Gasteiger partial charge on any atom is 0.278 e. The molecule has 0 spiro atoms. The Bertz CT molecular complexity index is 1470. The standard InChI is InChI=1S/C25H21F4N5O2/c1-14-2-7-18(15-8-9-34-19(10-15)32-23(30)33-34)21(27)20(14)22(35)31-11-25(28,29)24(12-36-13-24)16-3-5-17(26)6-4-16/h2-10H,11-13H2,1H3,(H2,30,33)(H,31,35). The highest BCUT2D eigenvalue weighted by molar-refractivity contribution is 5.97. The van der Waals surface area contributed by atoms with Crippen LogP contribution in [0.25, 0.3) is 16.8 Å². The van der Waals surface area contributed by atoms with E-state index in [1.54, 1.807) is 18.3 Å². The molecule has 0 aliphatic carbocycles. The second kappa shape index (κ2) is 8.59. The first-order chi connectivity index (χ1) is 17.1. The fraction of sp³-hybridized carbons (Fsp3) is 0.240. The van der Waals surface area contributed by atoms with E-state index in [0.29, 0.717) is 11.2 Å². The Hall–Kier alpha value is -3.99. The molecule has 2 aromatic carbocycles. The number of nitrogens with zero attached hydrogens (tertiary/aromatic N) is 3. The SMILES string of the molecule is Cc1ccc(-c2ccn3nc(N)nc3c2)c(F)c1C(=O)NCC(F)(F)C1(c2ccc(F)cc2)COC1. The van der Waals surface area contributed by atoms with Crippen molar-refractivity contribution in [1.29, 1.82) is 0 Å². The van der Waals surface area contributed by atoms with Gasteiger partial charge in [0.25, 0.3) is 11.8 Å². The number of carbonyl (C=O) groups is 1. The molecule has 4 aromatic rings. The molecule has 186 valence electrons. The molecular formula is C25H21F4N5O2. The maximum absolute atomic E-state index is 15.5. The topological polar surface area (TPSA) is 94.5 Å². The van der Waals surface area contributed by atoms with E-state index in [1.807, 2.05) is 0 Å². The van der Waals surface area contributed by atoms with Crippen LogP contribution in [0.1, 0.15) is 21.5 Å². The molecule has 1 aliphatic heterocycles. The van der Waals surface area contributed by atoms with Crippen LogP contribution in [0.15, 0.2) is 54.7 Å². The number of ether oxygens (including phenoxy) is 1. The van der Waals surface area contributed by atoms with Crippen molar-refractivity contribution in [2.24, 2.45) is 0 Å². The lowest BCUT2D eigenvalue weighted by Gasteiger charge is -2.47. The largest absolute Gasteiger partial charge is 0.379 e. The van der Waals surface area contributed by atoms with Gasteiger partial charge in [0.2, 0.25) is 5.95 Å². The predicted octanol–water partition coefficient (Wildman–Crippen LogP) is 3.90. The number of hydrogen-bond donors (Lipinski definition) is 2. The van der Waals surface area contributed by atoms with E-state index in [4.69, 9.17) is 10.5 Å². The van der Waals surface area contributed by atoms with Crippen LogP contribution in [0.4, 0.5) is 23.5 Å². The number of aromatic nitrogens is 3. The fourth-order valence-electron chi connectivity index (χ4n) is 4.35. The van der Waals surface area contributed by atoms with Gasteiger partial charge < -0.3 is 15.8 Å². The van der Waals surface area contributed by atoms with Crippen LogP contribution in [0.5, 0.6) is 0 Å². The Kier molecular flexibility index (Phi) is 5.67. The van der Waals surface area contributed by atoms with E-state index in [0.717, 1.165) is 12.1 Å². The number of halogens is 4. The molecule has 7 nitrogen and oxygen atoms in total. The van der Waals surface area contributed by atoms with Crippen LogP contribution >= 0.6 is 0 Å². The first-order valence-electron chi connectivity index (χ1n) is 11.0. The van der Waals surface area contributed by atoms with E-state index in [2.05, 4.69) is 15.4 Å². The highest BCUT2D eigenvalue weighted by atomic mass is 19.3. The van der Waals surface area contributed by atoms with Gasteiger partial charge in [0.05, 0.1) is 25.3 Å². The average molecular weight is 499 g/mol. The van der Waals surface area contributed by atoms with Crippen molar-refractivity contribution in [3.63, 3.8) is 0 Å². The zero-order valence-corrected chi connectivity index (χ0v) is 19.1. The predicted molar refractivity (Wildman–Crippen MR) is 124 cm³/mol. The lowest BCUT2D eigenvalue weighted by atomic mass is 9.73. The molecule has 0 saturated carbocycles. The van der Waals surface area contributed by atoms with E-state index >= 15 is 13.2 Å². The van der Waals surface area contributed by atoms with Gasteiger partial charge in [0, 0.05) is 11.8 Å². The fourth-order valence-corrected chi connectivity index (χ4v) is 4.35. The summed E-state index contributed by atoms with van der Waals surface area (Å²) in [5.41, 5.74) is 4.89. The summed E-state index contributed by atoms with van der Waals surface area (Å²) in [5, 5.41) is 6.15. The van der Waals surface area contributed by atoms with Crippen molar-refractivity contribution in [2.75, 3.05) is 25.5 Å². The van der Waals surface area contributed by atoms with Crippen LogP contribution < -0.4 is 11.1 Å². The number of carbonyl (C=O) groups excluding carboxylic acids is 1. The van der Waals surface area contributed by atoms with Gasteiger partial charge in [0.15, 0.2) is 5.65 Å². The monoisotopic (exact) mass is 499 g/mol. The first kappa shape index (κ1) is 23.7. The lowest BCUT2D eigenvalue weighted by Crippen LogP contribution is -2.62. The van der Waals surface area contributed by atoms with Crippen molar-refractivity contribution in [1.82, 2.24) is 19.9 Å². The molecule has 0 bridgehead atoms. The Morgan fingerprint density at radius 2 is 1.89 bits per heavy atom. The van der Waals surface area contributed by atoms with Crippen molar-refractivity contribution >= 4 is 17.5 Å². The number of nitrogen functional groups attached to an aromatic ring is 1. The highest BCUT2D eigenvalue weighted by Gasteiger charge is 2.59. The number of hydrogen-bond acceptors (Lipinski definition) is 5. The molecule has 1 amide bonds. The summed E-state index contributed by atoms with van der Waals surface area (Å²) >= 11 is 0. The summed E-state index contributed by atoms with van der Waals surface area (Å²) in [5.74, 6) is -5.78. The number of benzene rings is 2. The number of pyridine rings is 1. The Labute approximate surface area is 202 Å². The van der Waals surface area contributed by atoms with E-state index in [-0.39, 0.29) is 41.4 Å². The first-order valence-corrected chi connectivity index (χ1v) is 11.0. The Balaban J connectivity index is 1.41. The van der Waals surface area contributed by atoms with Gasteiger partial charge in [0.1, 0.15) is 17.0 Å². The molecule has 3 heterocycles. The summed E-state index contributed by atoms with van der Waals surface area (Å²) in [6.45, 7) is -0.122. The van der Waals surface area contributed by atoms with Crippen LogP contribution in [-0.4, -0.2) is 46.2 Å². The van der Waals surface area contributed by atoms with E-state index < -0.39 is 35.4 Å². The lowest BCUT2D eigenvalue weighted by molar-refractivity contribution is -0.192. The Morgan fingerprint density at radius 3 is 2.56 bits per heavy atom. The number of aryl methyl sites for hydroxylation is 1. The maximum atomic E-state index is 15.5. The number of fused-ring (bicyclic) bond motifs is 1. The van der Waals surface area contributed by atoms with Crippen LogP contribution in [0.3, 0.4) is 0 Å². The quantitative estimate of drug-likeness (QED) is 0.393. The normalized spacial score (nSPS) is 15.0. The minimum absolute atomic E-state index is 0.0489. The zero-order valence-electron chi connectivity index (χ0n) is 19.1. The number of amides is 1. The molecule has 0 unspecified atom stereocenters. The van der Waals surface area contributed by atoms with Gasteiger partial charge in [-0.1, -0.05) is 24.3 Å². The van der Waals surface area contributed by atoms with Crippen LogP contribution in [0.2, 0.25) is 0 Å². The summed E-state index contributed by atoms with van der Waals surface area (Å²) in [6, 6.07) is 10.9. The molecule has 1 saturated heterocycles. The third kappa shape index (κ3) is 3.85. The minimum atomic E-state index is -3.45. The smallest absolute Gasteiger partial charge is 0.278 e. The summed E-state index contributed by atoms with van der Waals surface area (Å²) in [6.07, 6.45) is 1.54. The molecule has 2 aromatic heterocycles. The van der Waals surface area contributed by atoms with Gasteiger partial charge in [-0.3, -0.25) is 4.79 Å². The average Bonchev–Trinajstić information content (AvgIpc) is 3.17. The minimum Gasteiger partial charge on any atom is -0.379 e. The van der Waals surface area contributed by atoms with Crippen molar-refractivity contribution in [3.05, 3.63) is 83.1 Å². The van der Waals surface area contributed by atoms with Crippen molar-refractivity contribution in [2.45, 2.75) is 18.3 Å². The van der Waals surface area contributed by atoms with Gasteiger partial charge in [-0.05, 0) is 47.9 Å². The molecule has 5 rings (SSSR count). The number of alkyl halides is 2. The van der Waals surface area contributed by atoms with Crippen molar-refractivity contribution in [3.8, 4) is 11.1 Å². The molecular weight excluding hydrogens is 478 g/mol. The number of rotatable bonds is 6. The Morgan fingerprint density at radius 1 is 1.17 bits per heavy atom. The van der Waals surface area contributed by atoms with Gasteiger partial charge >= 0.3 is 0 Å². The second-order valence-corrected chi connectivity index (χ2v) is 8.78. The summed E-state index contributed by atoms with van der Waals surface area (Å²) < 4.78 is 66.1. The van der Waals surface area contributed by atoms with Crippen LogP contribution in [0, 0.1) is 18.6 Å². The molecule has 0 radical (unpaired) electrons. The number of nitrogens with one attached hydrogen (secondary N) is 1. The molecule has 0 atom stereocenters. The molecule has 1 fully saturated rings. The number of nitrogens with two attached hydrogens (primary N) is 1. The van der Waals surface area contributed by atoms with Gasteiger partial charge in [-0.25, -0.2) is 22.1 Å². The van der Waals surface area contributed by atoms with Gasteiger partial charge in [-0.2, -0.15) is 4.98 Å². The van der Waals surface area contributed by atoms with Crippen molar-refractivity contribution < 1.29 is 27.1 Å². The summed E-state index contributed by atoms with van der Waals surface area (Å²) in [7, 11) is 0. The molecule has 11 heteroatoms. The zero-order chi connectivity index (χ0) is 25.7. The number of anilines is 1. The second-order valence-electron chi connectivity index (χ2n) is 8.78. The highest BCUT2D eigenvalue weighted by Crippen LogP contribution is 2.45. The van der Waals surface area contributed by atoms with Crippen LogP contribution in [-0.2, 0) is 10.2 Å². The third-order valence-corrected chi connectivity index (χ3v) is 6.51. The van der Waals surface area contributed by atoms with Gasteiger partial charge in [-0.15, -0.1) is 5.10 Å². The third-order valence-electron chi connectivity index (χ3n) is 6.51. The van der Waals surface area contributed by atoms with E-state index in [1.165, 1.54) is 35.7 Å². The summed E-state index contributed by atoms with van der Waals surface area (Å²) in [4.78, 5) is 17.0. The molecule has 3 N–H and O–H groups in total. The molecule has 1 aliphatic rings.